The molecule has 2 rings (SSSR count). The van der Waals surface area contributed by atoms with Crippen LogP contribution >= 0.6 is 15.9 Å². The summed E-state index contributed by atoms with van der Waals surface area (Å²) in [6.07, 6.45) is 1.05. The fraction of sp³-hybridized carbons (Fsp3) is 0.333. The number of nitrogens with one attached hydrogen (secondary N) is 2. The van der Waals surface area contributed by atoms with Crippen LogP contribution in [0.1, 0.15) is 24.6 Å². The van der Waals surface area contributed by atoms with Crippen LogP contribution in [0.15, 0.2) is 28.7 Å². The number of hydrogen-bond donors (Lipinski definition) is 2. The summed E-state index contributed by atoms with van der Waals surface area (Å²) in [5.41, 5.74) is 3.15. The predicted molar refractivity (Wildman–Crippen MR) is 87.7 cm³/mol. The molecule has 0 bridgehead atoms. The molecule has 0 fully saturated rings. The minimum atomic E-state index is 0.670. The van der Waals surface area contributed by atoms with Gasteiger partial charge in [0.05, 0.1) is 0 Å². The van der Waals surface area contributed by atoms with E-state index in [4.69, 9.17) is 0 Å². The average Bonchev–Trinajstić information content (AvgIpc) is 2.39. The van der Waals surface area contributed by atoms with E-state index >= 15 is 0 Å². The molecular formula is C15H19BrN4. The Bertz CT molecular complexity index is 598. The highest BCUT2D eigenvalue weighted by molar-refractivity contribution is 9.10. The molecule has 0 radical (unpaired) electrons. The van der Waals surface area contributed by atoms with Gasteiger partial charge in [0.2, 0.25) is 5.95 Å². The second-order valence-electron chi connectivity index (χ2n) is 4.73. The molecule has 0 unspecified atom stereocenters. The number of aromatic nitrogens is 2. The summed E-state index contributed by atoms with van der Waals surface area (Å²) in [7, 11) is 0. The van der Waals surface area contributed by atoms with E-state index in [1.54, 1.807) is 0 Å². The predicted octanol–water partition coefficient (Wildman–Crippen LogP) is 4.42. The van der Waals surface area contributed by atoms with Crippen molar-refractivity contribution in [3.63, 3.8) is 0 Å². The molecule has 106 valence electrons. The van der Waals surface area contributed by atoms with Crippen LogP contribution in [-0.4, -0.2) is 16.5 Å². The molecule has 1 aromatic carbocycles. The molecule has 5 heteroatoms. The molecule has 4 nitrogen and oxygen atoms in total. The molecular weight excluding hydrogens is 316 g/mol. The smallest absolute Gasteiger partial charge is 0.224 e. The van der Waals surface area contributed by atoms with E-state index in [-0.39, 0.29) is 0 Å². The summed E-state index contributed by atoms with van der Waals surface area (Å²) in [4.78, 5) is 8.86. The maximum atomic E-state index is 4.48. The first-order chi connectivity index (χ1) is 9.58. The Hall–Kier alpha value is -1.62. The van der Waals surface area contributed by atoms with Crippen molar-refractivity contribution >= 4 is 33.4 Å². The molecule has 0 spiro atoms. The fourth-order valence-electron chi connectivity index (χ4n) is 1.85. The number of anilines is 3. The average molecular weight is 335 g/mol. The lowest BCUT2D eigenvalue weighted by Gasteiger charge is -2.11. The maximum Gasteiger partial charge on any atom is 0.224 e. The van der Waals surface area contributed by atoms with Crippen molar-refractivity contribution in [1.29, 1.82) is 0 Å². The number of halogens is 1. The number of benzene rings is 1. The van der Waals surface area contributed by atoms with Gasteiger partial charge >= 0.3 is 0 Å². The zero-order valence-electron chi connectivity index (χ0n) is 12.0. The molecule has 2 N–H and O–H groups in total. The SMILES string of the molecule is CCCNc1nc(C)cc(Nc2ccc(Br)cc2C)n1. The van der Waals surface area contributed by atoms with Crippen LogP contribution in [0, 0.1) is 13.8 Å². The molecule has 0 saturated heterocycles. The summed E-state index contributed by atoms with van der Waals surface area (Å²) >= 11 is 3.47. The van der Waals surface area contributed by atoms with E-state index in [1.165, 1.54) is 5.56 Å². The van der Waals surface area contributed by atoms with Crippen molar-refractivity contribution in [3.8, 4) is 0 Å². The van der Waals surface area contributed by atoms with Gasteiger partial charge in [0.25, 0.3) is 0 Å². The highest BCUT2D eigenvalue weighted by Crippen LogP contribution is 2.23. The van der Waals surface area contributed by atoms with E-state index in [1.807, 2.05) is 25.1 Å². The van der Waals surface area contributed by atoms with Crippen molar-refractivity contribution in [2.75, 3.05) is 17.2 Å². The maximum absolute atomic E-state index is 4.48. The Morgan fingerprint density at radius 1 is 1.15 bits per heavy atom. The molecule has 20 heavy (non-hydrogen) atoms. The standard InChI is InChI=1S/C15H19BrN4/c1-4-7-17-15-18-11(3)9-14(20-15)19-13-6-5-12(16)8-10(13)2/h5-6,8-9H,4,7H2,1-3H3,(H2,17,18,19,20). The van der Waals surface area contributed by atoms with E-state index in [0.717, 1.165) is 34.6 Å². The molecule has 0 aliphatic heterocycles. The number of aryl methyl sites for hydroxylation is 2. The van der Waals surface area contributed by atoms with Gasteiger partial charge in [0.1, 0.15) is 5.82 Å². The lowest BCUT2D eigenvalue weighted by Crippen LogP contribution is -2.07. The van der Waals surface area contributed by atoms with Crippen LogP contribution in [0.4, 0.5) is 17.5 Å². The quantitative estimate of drug-likeness (QED) is 0.849. The third kappa shape index (κ3) is 3.93. The zero-order valence-corrected chi connectivity index (χ0v) is 13.6. The van der Waals surface area contributed by atoms with Crippen molar-refractivity contribution < 1.29 is 0 Å². The van der Waals surface area contributed by atoms with Crippen LogP contribution < -0.4 is 10.6 Å². The van der Waals surface area contributed by atoms with Crippen LogP contribution in [0.3, 0.4) is 0 Å². The largest absolute Gasteiger partial charge is 0.354 e. The van der Waals surface area contributed by atoms with Crippen LogP contribution in [-0.2, 0) is 0 Å². The Morgan fingerprint density at radius 2 is 1.95 bits per heavy atom. The molecule has 1 heterocycles. The first-order valence-electron chi connectivity index (χ1n) is 6.71. The van der Waals surface area contributed by atoms with Gasteiger partial charge in [0, 0.05) is 28.5 Å². The van der Waals surface area contributed by atoms with Crippen molar-refractivity contribution in [1.82, 2.24) is 9.97 Å². The van der Waals surface area contributed by atoms with Crippen LogP contribution in [0.2, 0.25) is 0 Å². The van der Waals surface area contributed by atoms with E-state index < -0.39 is 0 Å². The third-order valence-electron chi connectivity index (χ3n) is 2.84. The summed E-state index contributed by atoms with van der Waals surface area (Å²) in [5, 5.41) is 6.56. The summed E-state index contributed by atoms with van der Waals surface area (Å²) in [5.74, 6) is 1.48. The van der Waals surface area contributed by atoms with Crippen molar-refractivity contribution in [2.45, 2.75) is 27.2 Å². The highest BCUT2D eigenvalue weighted by Gasteiger charge is 2.04. The summed E-state index contributed by atoms with van der Waals surface area (Å²) in [6.45, 7) is 7.03. The second kappa shape index (κ2) is 6.70. The highest BCUT2D eigenvalue weighted by atomic mass is 79.9. The van der Waals surface area contributed by atoms with Crippen molar-refractivity contribution in [2.24, 2.45) is 0 Å². The van der Waals surface area contributed by atoms with Gasteiger partial charge < -0.3 is 10.6 Å². The molecule has 1 aromatic heterocycles. The number of rotatable bonds is 5. The lowest BCUT2D eigenvalue weighted by molar-refractivity contribution is 0.947. The number of hydrogen-bond acceptors (Lipinski definition) is 4. The van der Waals surface area contributed by atoms with Crippen molar-refractivity contribution in [3.05, 3.63) is 40.0 Å². The van der Waals surface area contributed by atoms with Gasteiger partial charge in [-0.15, -0.1) is 0 Å². The molecule has 0 aliphatic carbocycles. The van der Waals surface area contributed by atoms with Gasteiger partial charge in [-0.05, 0) is 44.0 Å². The Kier molecular flexibility index (Phi) is 4.95. The van der Waals surface area contributed by atoms with E-state index in [9.17, 15) is 0 Å². The molecule has 0 amide bonds. The van der Waals surface area contributed by atoms with E-state index in [2.05, 4.69) is 56.4 Å². The Balaban J connectivity index is 2.21. The van der Waals surface area contributed by atoms with Gasteiger partial charge in [-0.3, -0.25) is 0 Å². The van der Waals surface area contributed by atoms with Gasteiger partial charge in [0.15, 0.2) is 0 Å². The van der Waals surface area contributed by atoms with Gasteiger partial charge in [-0.1, -0.05) is 22.9 Å². The van der Waals surface area contributed by atoms with Crippen LogP contribution in [0.25, 0.3) is 0 Å². The van der Waals surface area contributed by atoms with Gasteiger partial charge in [-0.25, -0.2) is 4.98 Å². The zero-order chi connectivity index (χ0) is 14.5. The summed E-state index contributed by atoms with van der Waals surface area (Å²) in [6, 6.07) is 8.07. The second-order valence-corrected chi connectivity index (χ2v) is 5.64. The molecule has 0 saturated carbocycles. The normalized spacial score (nSPS) is 10.4. The molecule has 2 aromatic rings. The number of nitrogens with zero attached hydrogens (tertiary/aromatic N) is 2. The Morgan fingerprint density at radius 3 is 2.65 bits per heavy atom. The third-order valence-corrected chi connectivity index (χ3v) is 3.33. The topological polar surface area (TPSA) is 49.8 Å². The minimum Gasteiger partial charge on any atom is -0.354 e. The Labute approximate surface area is 128 Å². The minimum absolute atomic E-state index is 0.670. The first-order valence-corrected chi connectivity index (χ1v) is 7.50. The summed E-state index contributed by atoms with van der Waals surface area (Å²) < 4.78 is 1.07. The van der Waals surface area contributed by atoms with E-state index in [0.29, 0.717) is 5.95 Å². The van der Waals surface area contributed by atoms with Gasteiger partial charge in [-0.2, -0.15) is 4.98 Å². The fourth-order valence-corrected chi connectivity index (χ4v) is 2.33. The molecule has 0 atom stereocenters. The van der Waals surface area contributed by atoms with Crippen LogP contribution in [0.5, 0.6) is 0 Å². The molecule has 0 aliphatic rings. The lowest BCUT2D eigenvalue weighted by atomic mass is 10.2. The monoisotopic (exact) mass is 334 g/mol. The first kappa shape index (κ1) is 14.8.